The van der Waals surface area contributed by atoms with Gasteiger partial charge in [-0.15, -0.1) is 0 Å². The smallest absolute Gasteiger partial charge is 0.416 e. The zero-order chi connectivity index (χ0) is 30.6. The van der Waals surface area contributed by atoms with Crippen LogP contribution in [0.5, 0.6) is 0 Å². The number of halogens is 4. The molecule has 1 aliphatic rings. The van der Waals surface area contributed by atoms with Crippen molar-refractivity contribution in [3.8, 4) is 11.1 Å². The predicted molar refractivity (Wildman–Crippen MR) is 161 cm³/mol. The Bertz CT molecular complexity index is 1580. The molecule has 5 rings (SSSR count). The van der Waals surface area contributed by atoms with Crippen molar-refractivity contribution in [3.05, 3.63) is 124 Å². The van der Waals surface area contributed by atoms with Crippen molar-refractivity contribution in [1.29, 1.82) is 0 Å². The minimum atomic E-state index is -4.42. The van der Waals surface area contributed by atoms with Crippen LogP contribution in [-0.2, 0) is 22.1 Å². The van der Waals surface area contributed by atoms with Crippen LogP contribution in [0.4, 0.5) is 18.9 Å². The highest BCUT2D eigenvalue weighted by atomic mass is 35.5. The molecule has 1 saturated heterocycles. The van der Waals surface area contributed by atoms with E-state index in [0.717, 1.165) is 28.9 Å². The van der Waals surface area contributed by atoms with Crippen LogP contribution < -0.4 is 4.90 Å². The second-order valence-electron chi connectivity index (χ2n) is 10.4. The first-order valence-corrected chi connectivity index (χ1v) is 14.2. The van der Waals surface area contributed by atoms with Crippen LogP contribution in [-0.4, -0.2) is 49.9 Å². The van der Waals surface area contributed by atoms with E-state index in [1.807, 2.05) is 42.5 Å². The molecule has 4 aromatic carbocycles. The Labute approximate surface area is 253 Å². The molecule has 0 bridgehead atoms. The molecule has 1 unspecified atom stereocenters. The Hall–Kier alpha value is -4.14. The summed E-state index contributed by atoms with van der Waals surface area (Å²) in [6.45, 7) is 2.64. The van der Waals surface area contributed by atoms with E-state index in [1.54, 1.807) is 30.3 Å². The Morgan fingerprint density at radius 3 is 2.09 bits per heavy atom. The second kappa shape index (κ2) is 13.0. The largest absolute Gasteiger partial charge is 0.468 e. The Balaban J connectivity index is 1.24. The molecule has 0 saturated carbocycles. The lowest BCUT2D eigenvalue weighted by molar-refractivity contribution is -0.147. The van der Waals surface area contributed by atoms with Crippen molar-refractivity contribution in [2.45, 2.75) is 18.6 Å². The SMILES string of the molecule is COC(=O)C(c1ccccc1Cl)N1CCN(c2ccc(CC(=O)c3ccccc3-c3ccc(C(F)(F)F)cc3)cc2)CC1. The summed E-state index contributed by atoms with van der Waals surface area (Å²) < 4.78 is 44.1. The predicted octanol–water partition coefficient (Wildman–Crippen LogP) is 7.49. The zero-order valence-electron chi connectivity index (χ0n) is 23.5. The summed E-state index contributed by atoms with van der Waals surface area (Å²) in [4.78, 5) is 30.3. The van der Waals surface area contributed by atoms with Crippen LogP contribution in [0.25, 0.3) is 11.1 Å². The molecule has 9 heteroatoms. The van der Waals surface area contributed by atoms with E-state index < -0.39 is 17.8 Å². The molecule has 4 aromatic rings. The highest BCUT2D eigenvalue weighted by Crippen LogP contribution is 2.33. The number of carbonyl (C=O) groups is 2. The fourth-order valence-corrected chi connectivity index (χ4v) is 5.68. The van der Waals surface area contributed by atoms with Gasteiger partial charge in [0.2, 0.25) is 0 Å². The molecule has 0 aliphatic carbocycles. The molecule has 222 valence electrons. The molecule has 1 fully saturated rings. The highest BCUT2D eigenvalue weighted by Gasteiger charge is 2.33. The number of Topliss-reactive ketones (excluding diaryl/α,β-unsaturated/α-hetero) is 1. The van der Waals surface area contributed by atoms with Crippen molar-refractivity contribution >= 4 is 29.0 Å². The van der Waals surface area contributed by atoms with Crippen LogP contribution in [0.3, 0.4) is 0 Å². The quantitative estimate of drug-likeness (QED) is 0.154. The van der Waals surface area contributed by atoms with Crippen LogP contribution >= 0.6 is 11.6 Å². The molecule has 0 spiro atoms. The first-order valence-electron chi connectivity index (χ1n) is 13.9. The normalized spacial score (nSPS) is 14.8. The number of hydrogen-bond acceptors (Lipinski definition) is 5. The van der Waals surface area contributed by atoms with Crippen molar-refractivity contribution in [1.82, 2.24) is 4.90 Å². The molecule has 1 aliphatic heterocycles. The van der Waals surface area contributed by atoms with Gasteiger partial charge in [-0.1, -0.05) is 78.3 Å². The molecule has 0 radical (unpaired) electrons. The maximum Gasteiger partial charge on any atom is 0.416 e. The van der Waals surface area contributed by atoms with Crippen molar-refractivity contribution in [2.75, 3.05) is 38.2 Å². The summed E-state index contributed by atoms with van der Waals surface area (Å²) in [5.41, 5.74) is 3.44. The fourth-order valence-electron chi connectivity index (χ4n) is 5.44. The lowest BCUT2D eigenvalue weighted by Gasteiger charge is -2.39. The van der Waals surface area contributed by atoms with Gasteiger partial charge in [-0.2, -0.15) is 13.2 Å². The van der Waals surface area contributed by atoms with E-state index in [1.165, 1.54) is 19.2 Å². The molecular formula is C34H30ClF3N2O3. The third-order valence-corrected chi connectivity index (χ3v) is 8.06. The standard InChI is InChI=1S/C34H30ClF3N2O3/c1-43-33(42)32(29-8-4-5-9-30(29)35)40-20-18-39(19-21-40)26-16-10-23(11-17-26)22-31(41)28-7-3-2-6-27(28)24-12-14-25(15-13-24)34(36,37)38/h2-17,32H,18-22H2,1H3. The van der Waals surface area contributed by atoms with Crippen LogP contribution in [0.2, 0.25) is 5.02 Å². The van der Waals surface area contributed by atoms with Crippen LogP contribution in [0, 0.1) is 0 Å². The number of anilines is 1. The Kier molecular flexibility index (Phi) is 9.18. The van der Waals surface area contributed by atoms with E-state index in [4.69, 9.17) is 16.3 Å². The van der Waals surface area contributed by atoms with E-state index in [-0.39, 0.29) is 18.2 Å². The Morgan fingerprint density at radius 2 is 1.47 bits per heavy atom. The molecule has 1 atom stereocenters. The monoisotopic (exact) mass is 606 g/mol. The van der Waals surface area contributed by atoms with E-state index in [0.29, 0.717) is 47.9 Å². The van der Waals surface area contributed by atoms with Gasteiger partial charge >= 0.3 is 12.1 Å². The first-order chi connectivity index (χ1) is 20.7. The van der Waals surface area contributed by atoms with Gasteiger partial charge in [-0.05, 0) is 52.6 Å². The van der Waals surface area contributed by atoms with Gasteiger partial charge in [0.1, 0.15) is 6.04 Å². The number of alkyl halides is 3. The lowest BCUT2D eigenvalue weighted by Crippen LogP contribution is -2.49. The number of rotatable bonds is 8. The maximum atomic E-state index is 13.3. The van der Waals surface area contributed by atoms with Gasteiger partial charge in [0.25, 0.3) is 0 Å². The van der Waals surface area contributed by atoms with Crippen molar-refractivity contribution < 1.29 is 27.5 Å². The molecule has 43 heavy (non-hydrogen) atoms. The Morgan fingerprint density at radius 1 is 0.837 bits per heavy atom. The number of benzene rings is 4. The maximum absolute atomic E-state index is 13.3. The van der Waals surface area contributed by atoms with Gasteiger partial charge in [0.15, 0.2) is 5.78 Å². The number of ether oxygens (including phenoxy) is 1. The number of carbonyl (C=O) groups excluding carboxylic acids is 2. The number of piperazine rings is 1. The summed E-state index contributed by atoms with van der Waals surface area (Å²) in [5.74, 6) is -0.472. The van der Waals surface area contributed by atoms with E-state index in [2.05, 4.69) is 9.80 Å². The number of hydrogen-bond donors (Lipinski definition) is 0. The summed E-state index contributed by atoms with van der Waals surface area (Å²) in [6.07, 6.45) is -4.26. The summed E-state index contributed by atoms with van der Waals surface area (Å²) >= 11 is 6.41. The van der Waals surface area contributed by atoms with Gasteiger partial charge in [-0.3, -0.25) is 9.69 Å². The molecule has 0 aromatic heterocycles. The molecule has 0 amide bonds. The number of esters is 1. The summed E-state index contributed by atoms with van der Waals surface area (Å²) in [5, 5.41) is 0.521. The summed E-state index contributed by atoms with van der Waals surface area (Å²) in [7, 11) is 1.38. The molecule has 1 heterocycles. The minimum absolute atomic E-state index is 0.120. The first kappa shape index (κ1) is 30.3. The fraction of sp³-hybridized carbons (Fsp3) is 0.235. The summed E-state index contributed by atoms with van der Waals surface area (Å²) in [6, 6.07) is 26.3. The van der Waals surface area contributed by atoms with Crippen LogP contribution in [0.1, 0.15) is 33.1 Å². The minimum Gasteiger partial charge on any atom is -0.468 e. The third kappa shape index (κ3) is 6.92. The molecule has 5 nitrogen and oxygen atoms in total. The molecule has 0 N–H and O–H groups in total. The van der Waals surface area contributed by atoms with Gasteiger partial charge in [0, 0.05) is 48.9 Å². The van der Waals surface area contributed by atoms with Crippen LogP contribution in [0.15, 0.2) is 97.1 Å². The topological polar surface area (TPSA) is 49.9 Å². The number of ketones is 1. The zero-order valence-corrected chi connectivity index (χ0v) is 24.2. The van der Waals surface area contributed by atoms with E-state index in [9.17, 15) is 22.8 Å². The average Bonchev–Trinajstić information content (AvgIpc) is 3.02. The highest BCUT2D eigenvalue weighted by molar-refractivity contribution is 6.31. The third-order valence-electron chi connectivity index (χ3n) is 7.72. The lowest BCUT2D eigenvalue weighted by atomic mass is 9.93. The van der Waals surface area contributed by atoms with Gasteiger partial charge in [0.05, 0.1) is 12.7 Å². The number of nitrogens with zero attached hydrogens (tertiary/aromatic N) is 2. The number of methoxy groups -OCH3 is 1. The van der Waals surface area contributed by atoms with Gasteiger partial charge in [-0.25, -0.2) is 4.79 Å². The van der Waals surface area contributed by atoms with E-state index >= 15 is 0 Å². The molecular weight excluding hydrogens is 577 g/mol. The van der Waals surface area contributed by atoms with Crippen molar-refractivity contribution in [3.63, 3.8) is 0 Å². The second-order valence-corrected chi connectivity index (χ2v) is 10.8. The average molecular weight is 607 g/mol. The van der Waals surface area contributed by atoms with Crippen molar-refractivity contribution in [2.24, 2.45) is 0 Å². The van der Waals surface area contributed by atoms with Gasteiger partial charge < -0.3 is 9.64 Å².